The molecule has 3 nitrogen and oxygen atoms in total. The number of carbonyl (C=O) groups is 1. The van der Waals surface area contributed by atoms with Crippen LogP contribution in [0.5, 0.6) is 5.75 Å². The summed E-state index contributed by atoms with van der Waals surface area (Å²) in [6.07, 6.45) is 1.97. The van der Waals surface area contributed by atoms with Gasteiger partial charge in [0.05, 0.1) is 10.2 Å². The van der Waals surface area contributed by atoms with Crippen LogP contribution >= 0.6 is 27.7 Å². The molecular formula is C15H14BrNO2S. The average molecular weight is 352 g/mol. The quantitative estimate of drug-likeness (QED) is 0.820. The third-order valence-electron chi connectivity index (χ3n) is 2.58. The lowest BCUT2D eigenvalue weighted by atomic mass is 10.3. The maximum absolute atomic E-state index is 11.9. The van der Waals surface area contributed by atoms with Crippen molar-refractivity contribution in [1.29, 1.82) is 0 Å². The number of ether oxygens (including phenoxy) is 1. The number of hydrogen-bond donors (Lipinski definition) is 1. The first-order chi connectivity index (χ1) is 9.70. The smallest absolute Gasteiger partial charge is 0.262 e. The van der Waals surface area contributed by atoms with E-state index in [1.54, 1.807) is 11.8 Å². The maximum atomic E-state index is 11.9. The van der Waals surface area contributed by atoms with E-state index < -0.39 is 0 Å². The first-order valence-corrected chi connectivity index (χ1v) is 8.02. The first-order valence-electron chi connectivity index (χ1n) is 6.01. The van der Waals surface area contributed by atoms with E-state index >= 15 is 0 Å². The van der Waals surface area contributed by atoms with Crippen molar-refractivity contribution in [3.8, 4) is 5.75 Å². The van der Waals surface area contributed by atoms with Crippen LogP contribution in [0.4, 0.5) is 5.69 Å². The van der Waals surface area contributed by atoms with Gasteiger partial charge in [-0.15, -0.1) is 11.8 Å². The summed E-state index contributed by atoms with van der Waals surface area (Å²) >= 11 is 4.97. The molecule has 0 aliphatic rings. The van der Waals surface area contributed by atoms with Crippen LogP contribution in [0.2, 0.25) is 0 Å². The summed E-state index contributed by atoms with van der Waals surface area (Å²) in [6, 6.07) is 15.1. The van der Waals surface area contributed by atoms with Crippen molar-refractivity contribution >= 4 is 39.3 Å². The fraction of sp³-hybridized carbons (Fsp3) is 0.133. The first kappa shape index (κ1) is 14.9. The number of halogens is 1. The van der Waals surface area contributed by atoms with E-state index in [2.05, 4.69) is 21.2 Å². The van der Waals surface area contributed by atoms with E-state index in [4.69, 9.17) is 4.74 Å². The molecule has 0 aliphatic heterocycles. The lowest BCUT2D eigenvalue weighted by Crippen LogP contribution is -2.20. The van der Waals surface area contributed by atoms with Crippen molar-refractivity contribution in [2.75, 3.05) is 18.2 Å². The van der Waals surface area contributed by atoms with Crippen molar-refractivity contribution in [3.63, 3.8) is 0 Å². The Morgan fingerprint density at radius 3 is 2.65 bits per heavy atom. The van der Waals surface area contributed by atoms with Gasteiger partial charge < -0.3 is 10.1 Å². The molecule has 0 radical (unpaired) electrons. The molecule has 0 aromatic heterocycles. The van der Waals surface area contributed by atoms with Crippen molar-refractivity contribution in [2.24, 2.45) is 0 Å². The molecule has 0 unspecified atom stereocenters. The largest absolute Gasteiger partial charge is 0.483 e. The van der Waals surface area contributed by atoms with Gasteiger partial charge in [-0.05, 0) is 46.5 Å². The highest BCUT2D eigenvalue weighted by molar-refractivity contribution is 9.10. The molecule has 1 amide bonds. The summed E-state index contributed by atoms with van der Waals surface area (Å²) in [5.74, 6) is 0.475. The van der Waals surface area contributed by atoms with Gasteiger partial charge >= 0.3 is 0 Å². The highest BCUT2D eigenvalue weighted by Crippen LogP contribution is 2.25. The zero-order valence-corrected chi connectivity index (χ0v) is 13.3. The van der Waals surface area contributed by atoms with Crippen molar-refractivity contribution < 1.29 is 9.53 Å². The summed E-state index contributed by atoms with van der Waals surface area (Å²) in [5.41, 5.74) is 0.806. The van der Waals surface area contributed by atoms with Crippen molar-refractivity contribution in [3.05, 3.63) is 53.0 Å². The third kappa shape index (κ3) is 4.02. The van der Waals surface area contributed by atoms with Gasteiger partial charge in [0, 0.05) is 4.90 Å². The number of para-hydroxylation sites is 2. The molecule has 0 saturated heterocycles. The van der Waals surface area contributed by atoms with Gasteiger partial charge in [0.2, 0.25) is 0 Å². The minimum absolute atomic E-state index is 0.0225. The minimum atomic E-state index is -0.178. The molecule has 104 valence electrons. The molecule has 2 aromatic carbocycles. The van der Waals surface area contributed by atoms with Crippen LogP contribution in [0, 0.1) is 0 Å². The molecule has 20 heavy (non-hydrogen) atoms. The second-order valence-corrected chi connectivity index (χ2v) is 5.67. The number of thioether (sulfide) groups is 1. The molecule has 5 heteroatoms. The SMILES string of the molecule is CSc1ccccc1NC(=O)COc1ccccc1Br. The fourth-order valence-corrected chi connectivity index (χ4v) is 2.59. The number of nitrogens with one attached hydrogen (secondary N) is 1. The second kappa shape index (κ2) is 7.36. The van der Waals surface area contributed by atoms with Crippen LogP contribution in [0.3, 0.4) is 0 Å². The standard InChI is InChI=1S/C15H14BrNO2S/c1-20-14-9-5-3-7-12(14)17-15(18)10-19-13-8-4-2-6-11(13)16/h2-9H,10H2,1H3,(H,17,18). The monoisotopic (exact) mass is 351 g/mol. The number of carbonyl (C=O) groups excluding carboxylic acids is 1. The molecule has 0 atom stereocenters. The zero-order valence-electron chi connectivity index (χ0n) is 10.9. The highest BCUT2D eigenvalue weighted by Gasteiger charge is 2.07. The Bertz CT molecular complexity index is 604. The molecule has 0 spiro atoms. The lowest BCUT2D eigenvalue weighted by Gasteiger charge is -2.10. The molecular weight excluding hydrogens is 338 g/mol. The molecule has 0 fully saturated rings. The Balaban J connectivity index is 1.95. The molecule has 0 heterocycles. The van der Waals surface area contributed by atoms with E-state index in [1.807, 2.05) is 54.8 Å². The molecule has 2 rings (SSSR count). The maximum Gasteiger partial charge on any atom is 0.262 e. The number of anilines is 1. The minimum Gasteiger partial charge on any atom is -0.483 e. The van der Waals surface area contributed by atoms with E-state index in [9.17, 15) is 4.79 Å². The predicted octanol–water partition coefficient (Wildman–Crippen LogP) is 4.19. The summed E-state index contributed by atoms with van der Waals surface area (Å²) in [6.45, 7) is -0.0225. The summed E-state index contributed by atoms with van der Waals surface area (Å²) in [7, 11) is 0. The van der Waals surface area contributed by atoms with Gasteiger partial charge in [-0.3, -0.25) is 4.79 Å². The van der Waals surface area contributed by atoms with E-state index in [1.165, 1.54) is 0 Å². The van der Waals surface area contributed by atoms with Gasteiger partial charge in [-0.25, -0.2) is 0 Å². The molecule has 0 bridgehead atoms. The number of amides is 1. The van der Waals surface area contributed by atoms with Crippen LogP contribution in [-0.4, -0.2) is 18.8 Å². The Morgan fingerprint density at radius 2 is 1.90 bits per heavy atom. The van der Waals surface area contributed by atoms with Gasteiger partial charge in [-0.2, -0.15) is 0 Å². The predicted molar refractivity (Wildman–Crippen MR) is 86.5 cm³/mol. The molecule has 0 saturated carbocycles. The zero-order chi connectivity index (χ0) is 14.4. The van der Waals surface area contributed by atoms with Gasteiger partial charge in [0.1, 0.15) is 5.75 Å². The van der Waals surface area contributed by atoms with Gasteiger partial charge in [0.25, 0.3) is 5.91 Å². The number of rotatable bonds is 5. The molecule has 0 aliphatic carbocycles. The van der Waals surface area contributed by atoms with E-state index in [-0.39, 0.29) is 12.5 Å². The summed E-state index contributed by atoms with van der Waals surface area (Å²) < 4.78 is 6.31. The van der Waals surface area contributed by atoms with E-state index in [0.717, 1.165) is 15.1 Å². The fourth-order valence-electron chi connectivity index (χ4n) is 1.64. The Morgan fingerprint density at radius 1 is 1.20 bits per heavy atom. The number of hydrogen-bond acceptors (Lipinski definition) is 3. The number of benzene rings is 2. The highest BCUT2D eigenvalue weighted by atomic mass is 79.9. The Labute approximate surface area is 130 Å². The van der Waals surface area contributed by atoms with Crippen LogP contribution in [0.15, 0.2) is 57.9 Å². The van der Waals surface area contributed by atoms with Crippen LogP contribution < -0.4 is 10.1 Å². The normalized spacial score (nSPS) is 10.1. The Kier molecular flexibility index (Phi) is 5.49. The topological polar surface area (TPSA) is 38.3 Å². The van der Waals surface area contributed by atoms with Crippen LogP contribution in [0.25, 0.3) is 0 Å². The van der Waals surface area contributed by atoms with Gasteiger partial charge in [-0.1, -0.05) is 24.3 Å². The van der Waals surface area contributed by atoms with Crippen molar-refractivity contribution in [2.45, 2.75) is 4.90 Å². The summed E-state index contributed by atoms with van der Waals surface area (Å²) in [4.78, 5) is 12.9. The summed E-state index contributed by atoms with van der Waals surface area (Å²) in [5, 5.41) is 2.85. The Hall–Kier alpha value is -1.46. The second-order valence-electron chi connectivity index (χ2n) is 3.97. The molecule has 1 N–H and O–H groups in total. The van der Waals surface area contributed by atoms with Gasteiger partial charge in [0.15, 0.2) is 6.61 Å². The van der Waals surface area contributed by atoms with E-state index in [0.29, 0.717) is 5.75 Å². The van der Waals surface area contributed by atoms with Crippen LogP contribution in [0.1, 0.15) is 0 Å². The third-order valence-corrected chi connectivity index (χ3v) is 4.03. The average Bonchev–Trinajstić information content (AvgIpc) is 2.47. The van der Waals surface area contributed by atoms with Crippen molar-refractivity contribution in [1.82, 2.24) is 0 Å². The lowest BCUT2D eigenvalue weighted by molar-refractivity contribution is -0.118. The van der Waals surface area contributed by atoms with Crippen LogP contribution in [-0.2, 0) is 4.79 Å². The molecule has 2 aromatic rings.